The average Bonchev–Trinajstić information content (AvgIpc) is 2.97. The van der Waals surface area contributed by atoms with Gasteiger partial charge in [0.1, 0.15) is 0 Å². The maximum Gasteiger partial charge on any atom is 0.389 e. The SMILES string of the molecule is OC(Cc1nc(CCC(F)(F)F)no1)C1CC1. The minimum atomic E-state index is -4.21. The lowest BCUT2D eigenvalue weighted by Gasteiger charge is -2.03. The van der Waals surface area contributed by atoms with Crippen LogP contribution in [0.5, 0.6) is 0 Å². The highest BCUT2D eigenvalue weighted by atomic mass is 19.4. The molecule has 96 valence electrons. The van der Waals surface area contributed by atoms with Gasteiger partial charge in [0, 0.05) is 6.42 Å². The molecular weight excluding hydrogens is 237 g/mol. The Kier molecular flexibility index (Phi) is 3.37. The Balaban J connectivity index is 1.82. The fourth-order valence-corrected chi connectivity index (χ4v) is 1.55. The van der Waals surface area contributed by atoms with Crippen LogP contribution in [0.15, 0.2) is 4.52 Å². The average molecular weight is 250 g/mol. The predicted molar refractivity (Wildman–Crippen MR) is 51.1 cm³/mol. The zero-order valence-electron chi connectivity index (χ0n) is 9.07. The lowest BCUT2D eigenvalue weighted by Crippen LogP contribution is -2.13. The van der Waals surface area contributed by atoms with Crippen molar-refractivity contribution in [2.24, 2.45) is 5.92 Å². The summed E-state index contributed by atoms with van der Waals surface area (Å²) in [5.41, 5.74) is 0. The molecule has 1 N–H and O–H groups in total. The minimum absolute atomic E-state index is 0.0420. The van der Waals surface area contributed by atoms with Crippen LogP contribution in [0.25, 0.3) is 0 Å². The van der Waals surface area contributed by atoms with E-state index in [2.05, 4.69) is 10.1 Å². The van der Waals surface area contributed by atoms with Gasteiger partial charge in [-0.15, -0.1) is 0 Å². The van der Waals surface area contributed by atoms with Crippen LogP contribution in [0, 0.1) is 5.92 Å². The van der Waals surface area contributed by atoms with E-state index in [9.17, 15) is 18.3 Å². The summed E-state index contributed by atoms with van der Waals surface area (Å²) in [6, 6.07) is 0. The second-order valence-electron chi connectivity index (χ2n) is 4.33. The Morgan fingerprint density at radius 2 is 2.12 bits per heavy atom. The molecule has 1 heterocycles. The number of nitrogens with zero attached hydrogens (tertiary/aromatic N) is 2. The molecule has 7 heteroatoms. The molecule has 0 aromatic carbocycles. The van der Waals surface area contributed by atoms with E-state index in [0.29, 0.717) is 0 Å². The van der Waals surface area contributed by atoms with Gasteiger partial charge in [0.15, 0.2) is 5.82 Å². The van der Waals surface area contributed by atoms with Crippen molar-refractivity contribution in [2.75, 3.05) is 0 Å². The smallest absolute Gasteiger partial charge is 0.389 e. The fraction of sp³-hybridized carbons (Fsp3) is 0.800. The first-order valence-corrected chi connectivity index (χ1v) is 5.50. The van der Waals surface area contributed by atoms with Crippen molar-refractivity contribution in [3.05, 3.63) is 11.7 Å². The molecule has 1 aromatic heterocycles. The van der Waals surface area contributed by atoms with Gasteiger partial charge in [0.05, 0.1) is 18.9 Å². The minimum Gasteiger partial charge on any atom is -0.392 e. The van der Waals surface area contributed by atoms with Crippen molar-refractivity contribution in [1.29, 1.82) is 0 Å². The van der Waals surface area contributed by atoms with Gasteiger partial charge >= 0.3 is 6.18 Å². The molecule has 0 bridgehead atoms. The zero-order valence-corrected chi connectivity index (χ0v) is 9.07. The first-order chi connectivity index (χ1) is 7.94. The van der Waals surface area contributed by atoms with E-state index in [1.54, 1.807) is 0 Å². The number of aliphatic hydroxyl groups excluding tert-OH is 1. The first kappa shape index (κ1) is 12.3. The first-order valence-electron chi connectivity index (χ1n) is 5.50. The van der Waals surface area contributed by atoms with Crippen molar-refractivity contribution in [3.8, 4) is 0 Å². The van der Waals surface area contributed by atoms with Crippen LogP contribution in [0.2, 0.25) is 0 Å². The Morgan fingerprint density at radius 3 is 2.71 bits per heavy atom. The standard InChI is InChI=1S/C10H13F3N2O2/c11-10(12,13)4-3-8-14-9(17-15-8)5-7(16)6-1-2-6/h6-7,16H,1-5H2. The van der Waals surface area contributed by atoms with E-state index in [1.165, 1.54) is 0 Å². The molecule has 0 saturated heterocycles. The van der Waals surface area contributed by atoms with E-state index in [1.807, 2.05) is 0 Å². The molecule has 1 saturated carbocycles. The highest BCUT2D eigenvalue weighted by molar-refractivity contribution is 4.92. The molecule has 1 fully saturated rings. The molecule has 0 amide bonds. The van der Waals surface area contributed by atoms with Gasteiger partial charge in [-0.05, 0) is 18.8 Å². The molecule has 1 aliphatic rings. The number of aliphatic hydroxyl groups is 1. The van der Waals surface area contributed by atoms with Gasteiger partial charge in [-0.1, -0.05) is 5.16 Å². The Labute approximate surface area is 95.8 Å². The van der Waals surface area contributed by atoms with E-state index in [4.69, 9.17) is 4.52 Å². The van der Waals surface area contributed by atoms with E-state index in [-0.39, 0.29) is 30.5 Å². The molecule has 0 radical (unpaired) electrons. The highest BCUT2D eigenvalue weighted by Crippen LogP contribution is 2.33. The third-order valence-electron chi connectivity index (χ3n) is 2.69. The summed E-state index contributed by atoms with van der Waals surface area (Å²) in [6.07, 6.45) is -3.79. The number of hydrogen-bond donors (Lipinski definition) is 1. The maximum atomic E-state index is 11.9. The lowest BCUT2D eigenvalue weighted by molar-refractivity contribution is -0.134. The van der Waals surface area contributed by atoms with Crippen molar-refractivity contribution < 1.29 is 22.8 Å². The number of alkyl halides is 3. The maximum absolute atomic E-state index is 11.9. The van der Waals surface area contributed by atoms with Crippen LogP contribution in [0.3, 0.4) is 0 Å². The van der Waals surface area contributed by atoms with Crippen LogP contribution in [-0.2, 0) is 12.8 Å². The number of halogens is 3. The molecule has 4 nitrogen and oxygen atoms in total. The summed E-state index contributed by atoms with van der Waals surface area (Å²) in [5.74, 6) is 0.530. The molecule has 1 aromatic rings. The van der Waals surface area contributed by atoms with Crippen LogP contribution >= 0.6 is 0 Å². The summed E-state index contributed by atoms with van der Waals surface area (Å²) in [5, 5.41) is 13.1. The third-order valence-corrected chi connectivity index (χ3v) is 2.69. The summed E-state index contributed by atoms with van der Waals surface area (Å²) < 4.78 is 40.6. The summed E-state index contributed by atoms with van der Waals surface area (Å²) in [7, 11) is 0. The summed E-state index contributed by atoms with van der Waals surface area (Å²) in [6.45, 7) is 0. The van der Waals surface area contributed by atoms with Gasteiger partial charge in [0.25, 0.3) is 0 Å². The number of aryl methyl sites for hydroxylation is 1. The largest absolute Gasteiger partial charge is 0.392 e. The molecule has 2 rings (SSSR count). The predicted octanol–water partition coefficient (Wildman–Crippen LogP) is 1.88. The van der Waals surface area contributed by atoms with Crippen LogP contribution < -0.4 is 0 Å². The Morgan fingerprint density at radius 1 is 1.41 bits per heavy atom. The van der Waals surface area contributed by atoms with Gasteiger partial charge in [-0.3, -0.25) is 0 Å². The van der Waals surface area contributed by atoms with Gasteiger partial charge in [-0.25, -0.2) is 0 Å². The van der Waals surface area contributed by atoms with E-state index in [0.717, 1.165) is 12.8 Å². The number of rotatable bonds is 5. The summed E-state index contributed by atoms with van der Waals surface area (Å²) >= 11 is 0. The van der Waals surface area contributed by atoms with Gasteiger partial charge < -0.3 is 9.63 Å². The molecule has 1 atom stereocenters. The Hall–Kier alpha value is -1.11. The monoisotopic (exact) mass is 250 g/mol. The van der Waals surface area contributed by atoms with Crippen molar-refractivity contribution in [2.45, 2.75) is 44.4 Å². The van der Waals surface area contributed by atoms with E-state index >= 15 is 0 Å². The van der Waals surface area contributed by atoms with Crippen LogP contribution in [0.1, 0.15) is 31.0 Å². The second-order valence-corrected chi connectivity index (χ2v) is 4.33. The normalized spacial score (nSPS) is 18.4. The van der Waals surface area contributed by atoms with Crippen molar-refractivity contribution >= 4 is 0 Å². The van der Waals surface area contributed by atoms with Crippen LogP contribution in [-0.4, -0.2) is 27.5 Å². The van der Waals surface area contributed by atoms with Gasteiger partial charge in [-0.2, -0.15) is 18.2 Å². The molecule has 1 aliphatic carbocycles. The summed E-state index contributed by atoms with van der Waals surface area (Å²) in [4.78, 5) is 3.83. The number of hydrogen-bond acceptors (Lipinski definition) is 4. The zero-order chi connectivity index (χ0) is 12.5. The number of aromatic nitrogens is 2. The van der Waals surface area contributed by atoms with Gasteiger partial charge in [0.2, 0.25) is 5.89 Å². The molecule has 0 aliphatic heterocycles. The third kappa shape index (κ3) is 3.99. The molecule has 17 heavy (non-hydrogen) atoms. The highest BCUT2D eigenvalue weighted by Gasteiger charge is 2.31. The van der Waals surface area contributed by atoms with E-state index < -0.39 is 18.7 Å². The molecule has 1 unspecified atom stereocenters. The topological polar surface area (TPSA) is 59.2 Å². The Bertz CT molecular complexity index is 374. The second kappa shape index (κ2) is 4.64. The van der Waals surface area contributed by atoms with Crippen molar-refractivity contribution in [3.63, 3.8) is 0 Å². The van der Waals surface area contributed by atoms with Crippen molar-refractivity contribution in [1.82, 2.24) is 10.1 Å². The quantitative estimate of drug-likeness (QED) is 0.866. The molecular formula is C10H13F3N2O2. The fourth-order valence-electron chi connectivity index (χ4n) is 1.55. The van der Waals surface area contributed by atoms with Crippen LogP contribution in [0.4, 0.5) is 13.2 Å². The molecule has 0 spiro atoms. The lowest BCUT2D eigenvalue weighted by atomic mass is 10.2.